The molecular formula is C31H28F2N2O4S. The van der Waals surface area contributed by atoms with Gasteiger partial charge >= 0.3 is 5.97 Å². The van der Waals surface area contributed by atoms with E-state index in [1.165, 1.54) is 12.5 Å². The summed E-state index contributed by atoms with van der Waals surface area (Å²) in [5, 5.41) is 13.5. The van der Waals surface area contributed by atoms with E-state index >= 15 is 0 Å². The van der Waals surface area contributed by atoms with Gasteiger partial charge in [0.1, 0.15) is 17.4 Å². The molecule has 0 unspecified atom stereocenters. The number of carbonyl (C=O) groups excluding carboxylic acids is 1. The summed E-state index contributed by atoms with van der Waals surface area (Å²) in [6.45, 7) is 7.69. The molecule has 6 nitrogen and oxygen atoms in total. The fraction of sp³-hybridized carbons (Fsp3) is 0.194. The zero-order chi connectivity index (χ0) is 29.2. The van der Waals surface area contributed by atoms with Crippen molar-refractivity contribution in [3.05, 3.63) is 93.9 Å². The van der Waals surface area contributed by atoms with Crippen molar-refractivity contribution in [1.29, 1.82) is 0 Å². The van der Waals surface area contributed by atoms with Crippen LogP contribution in [0.4, 0.5) is 13.9 Å². The van der Waals surface area contributed by atoms with Crippen LogP contribution in [0.25, 0.3) is 28.5 Å². The number of nitrogens with zero attached hydrogens (tertiary/aromatic N) is 1. The third-order valence-corrected chi connectivity index (χ3v) is 7.08. The monoisotopic (exact) mass is 562 g/mol. The maximum Gasteiger partial charge on any atom is 0.331 e. The number of rotatable bonds is 7. The molecule has 0 saturated carbocycles. The molecule has 1 aromatic heterocycles. The van der Waals surface area contributed by atoms with Crippen LogP contribution in [0.5, 0.6) is 5.75 Å². The van der Waals surface area contributed by atoms with Crippen LogP contribution in [0.15, 0.2) is 65.6 Å². The molecule has 0 aliphatic carbocycles. The highest BCUT2D eigenvalue weighted by atomic mass is 32.1. The fourth-order valence-electron chi connectivity index (χ4n) is 4.09. The van der Waals surface area contributed by atoms with Gasteiger partial charge in [-0.1, -0.05) is 57.2 Å². The normalized spacial score (nSPS) is 11.8. The Morgan fingerprint density at radius 3 is 2.23 bits per heavy atom. The number of amides is 1. The van der Waals surface area contributed by atoms with Crippen molar-refractivity contribution < 1.29 is 28.2 Å². The maximum absolute atomic E-state index is 14.5. The Morgan fingerprint density at radius 1 is 1.02 bits per heavy atom. The minimum atomic E-state index is -1.30. The molecule has 0 aliphatic rings. The van der Waals surface area contributed by atoms with E-state index in [0.717, 1.165) is 46.2 Å². The van der Waals surface area contributed by atoms with Crippen LogP contribution in [-0.2, 0) is 10.2 Å². The Kier molecular flexibility index (Phi) is 8.16. The van der Waals surface area contributed by atoms with Gasteiger partial charge < -0.3 is 9.84 Å². The Morgan fingerprint density at radius 2 is 1.65 bits per heavy atom. The van der Waals surface area contributed by atoms with Crippen LogP contribution >= 0.6 is 11.3 Å². The molecule has 3 aromatic carbocycles. The van der Waals surface area contributed by atoms with E-state index in [1.54, 1.807) is 12.5 Å². The molecule has 40 heavy (non-hydrogen) atoms. The minimum Gasteiger partial charge on any atom is -0.495 e. The number of benzene rings is 3. The Labute approximate surface area is 235 Å². The number of aromatic nitrogens is 1. The lowest BCUT2D eigenvalue weighted by Gasteiger charge is -2.19. The van der Waals surface area contributed by atoms with Crippen molar-refractivity contribution in [3.63, 3.8) is 0 Å². The van der Waals surface area contributed by atoms with Crippen LogP contribution in [0.1, 0.15) is 49.2 Å². The number of nitrogens with one attached hydrogen (secondary N) is 1. The number of carboxylic acids is 1. The molecule has 9 heteroatoms. The summed E-state index contributed by atoms with van der Waals surface area (Å²) in [5.74, 6) is -3.55. The summed E-state index contributed by atoms with van der Waals surface area (Å²) in [4.78, 5) is 28.2. The van der Waals surface area contributed by atoms with E-state index in [4.69, 9.17) is 9.84 Å². The lowest BCUT2D eigenvalue weighted by atomic mass is 9.86. The number of hydrogen-bond acceptors (Lipinski definition) is 5. The summed E-state index contributed by atoms with van der Waals surface area (Å²) in [6, 6.07) is 15.7. The minimum absolute atomic E-state index is 0.0297. The highest BCUT2D eigenvalue weighted by molar-refractivity contribution is 7.14. The molecule has 0 saturated heterocycles. The van der Waals surface area contributed by atoms with Gasteiger partial charge in [0.2, 0.25) is 0 Å². The van der Waals surface area contributed by atoms with Gasteiger partial charge in [-0.25, -0.2) is 18.6 Å². The predicted molar refractivity (Wildman–Crippen MR) is 154 cm³/mol. The topological polar surface area (TPSA) is 88.5 Å². The molecule has 0 bridgehead atoms. The number of para-hydroxylation sites is 1. The zero-order valence-electron chi connectivity index (χ0n) is 22.6. The van der Waals surface area contributed by atoms with Crippen molar-refractivity contribution in [1.82, 2.24) is 4.98 Å². The summed E-state index contributed by atoms with van der Waals surface area (Å²) >= 11 is 1.16. The third kappa shape index (κ3) is 6.10. The first-order chi connectivity index (χ1) is 18.9. The predicted octanol–water partition coefficient (Wildman–Crippen LogP) is 7.80. The van der Waals surface area contributed by atoms with Gasteiger partial charge in [0, 0.05) is 33.2 Å². The molecule has 0 atom stereocenters. The lowest BCUT2D eigenvalue weighted by molar-refractivity contribution is -0.132. The Balaban J connectivity index is 1.59. The summed E-state index contributed by atoms with van der Waals surface area (Å²) < 4.78 is 34.8. The van der Waals surface area contributed by atoms with Crippen LogP contribution in [0, 0.1) is 11.6 Å². The fourth-order valence-corrected chi connectivity index (χ4v) is 4.80. The van der Waals surface area contributed by atoms with Gasteiger partial charge in [0.15, 0.2) is 5.13 Å². The number of methoxy groups -OCH3 is 1. The molecule has 0 fully saturated rings. The van der Waals surface area contributed by atoms with Crippen molar-refractivity contribution in [2.75, 3.05) is 12.4 Å². The highest BCUT2D eigenvalue weighted by Gasteiger charge is 2.19. The summed E-state index contributed by atoms with van der Waals surface area (Å²) in [6.07, 6.45) is 0.877. The van der Waals surface area contributed by atoms with E-state index in [9.17, 15) is 18.4 Å². The average Bonchev–Trinajstić information content (AvgIpc) is 3.37. The second-order valence-corrected chi connectivity index (χ2v) is 11.0. The highest BCUT2D eigenvalue weighted by Crippen LogP contribution is 2.40. The molecule has 206 valence electrons. The molecule has 1 amide bonds. The van der Waals surface area contributed by atoms with E-state index in [0.29, 0.717) is 11.4 Å². The standard InChI is InChI=1S/C31H28F2N2O4S/c1-17(29(37)38)13-23-24(32)14-19(15-25(23)33)28(36)35-30-34-26(16-40-30)22-8-6-7-21(27(22)39-5)18-9-11-20(12-10-18)31(2,3)4/h6-16H,1-5H3,(H,37,38)(H,34,35,36)/b17-13+. The number of thiazole rings is 1. The van der Waals surface area contributed by atoms with Crippen LogP contribution < -0.4 is 10.1 Å². The number of carbonyl (C=O) groups is 2. The van der Waals surface area contributed by atoms with Crippen molar-refractivity contribution in [3.8, 4) is 28.1 Å². The average molecular weight is 563 g/mol. The summed E-state index contributed by atoms with van der Waals surface area (Å²) in [7, 11) is 1.58. The van der Waals surface area contributed by atoms with E-state index < -0.39 is 29.1 Å². The van der Waals surface area contributed by atoms with Crippen LogP contribution in [0.2, 0.25) is 0 Å². The second-order valence-electron chi connectivity index (χ2n) is 10.2. The van der Waals surface area contributed by atoms with Crippen molar-refractivity contribution in [2.45, 2.75) is 33.1 Å². The first-order valence-corrected chi connectivity index (χ1v) is 13.2. The molecular weight excluding hydrogens is 534 g/mol. The Bertz CT molecular complexity index is 1600. The third-order valence-electron chi connectivity index (χ3n) is 6.32. The first kappa shape index (κ1) is 28.6. The molecule has 0 aliphatic heterocycles. The smallest absolute Gasteiger partial charge is 0.331 e. The number of hydrogen-bond donors (Lipinski definition) is 2. The van der Waals surface area contributed by atoms with Crippen LogP contribution in [-0.4, -0.2) is 29.1 Å². The number of halogens is 2. The zero-order valence-corrected chi connectivity index (χ0v) is 23.5. The number of carboxylic acid groups (broad SMARTS) is 1. The molecule has 0 spiro atoms. The van der Waals surface area contributed by atoms with E-state index in [2.05, 4.69) is 55.3 Å². The van der Waals surface area contributed by atoms with Gasteiger partial charge in [-0.3, -0.25) is 10.1 Å². The van der Waals surface area contributed by atoms with Gasteiger partial charge in [-0.15, -0.1) is 11.3 Å². The quantitative estimate of drug-likeness (QED) is 0.224. The van der Waals surface area contributed by atoms with Gasteiger partial charge in [-0.2, -0.15) is 0 Å². The molecule has 2 N–H and O–H groups in total. The molecule has 4 aromatic rings. The van der Waals surface area contributed by atoms with E-state index in [-0.39, 0.29) is 21.7 Å². The molecule has 1 heterocycles. The SMILES string of the molecule is COc1c(-c2ccc(C(C)(C)C)cc2)cccc1-c1csc(NC(=O)c2cc(F)c(/C=C(\C)C(=O)O)c(F)c2)n1. The van der Waals surface area contributed by atoms with Gasteiger partial charge in [-0.05, 0) is 47.7 Å². The van der Waals surface area contributed by atoms with Gasteiger partial charge in [0.05, 0.1) is 12.8 Å². The second kappa shape index (κ2) is 11.4. The maximum atomic E-state index is 14.5. The van der Waals surface area contributed by atoms with Crippen LogP contribution in [0.3, 0.4) is 0 Å². The number of anilines is 1. The number of ether oxygens (including phenoxy) is 1. The first-order valence-electron chi connectivity index (χ1n) is 12.3. The van der Waals surface area contributed by atoms with Crippen molar-refractivity contribution >= 4 is 34.4 Å². The summed E-state index contributed by atoms with van der Waals surface area (Å²) in [5.41, 5.74) is 3.35. The van der Waals surface area contributed by atoms with Gasteiger partial charge in [0.25, 0.3) is 5.91 Å². The number of aliphatic carboxylic acids is 1. The van der Waals surface area contributed by atoms with Crippen molar-refractivity contribution in [2.24, 2.45) is 0 Å². The molecule has 0 radical (unpaired) electrons. The van der Waals surface area contributed by atoms with E-state index in [1.807, 2.05) is 18.2 Å². The largest absolute Gasteiger partial charge is 0.495 e. The lowest BCUT2D eigenvalue weighted by Crippen LogP contribution is -2.13. The Hall–Kier alpha value is -4.37. The molecule has 4 rings (SSSR count).